The molecule has 0 aliphatic carbocycles. The van der Waals surface area contributed by atoms with Crippen molar-refractivity contribution in [2.75, 3.05) is 6.54 Å². The number of ether oxygens (including phenoxy) is 1. The minimum absolute atomic E-state index is 0.0370. The molecule has 0 N–H and O–H groups in total. The number of hydrogen-bond donors (Lipinski definition) is 0. The van der Waals surface area contributed by atoms with Crippen molar-refractivity contribution in [1.82, 2.24) is 4.90 Å². The van der Waals surface area contributed by atoms with Crippen LogP contribution in [-0.4, -0.2) is 36.0 Å². The van der Waals surface area contributed by atoms with Gasteiger partial charge in [0.1, 0.15) is 11.6 Å². The van der Waals surface area contributed by atoms with Crippen molar-refractivity contribution in [3.05, 3.63) is 35.4 Å². The molecule has 2 heterocycles. The van der Waals surface area contributed by atoms with Gasteiger partial charge in [0, 0.05) is 24.1 Å². The monoisotopic (exact) mass is 421 g/mol. The molecular weight excluding hydrogens is 407 g/mol. The number of halogens is 7. The topological polar surface area (TPSA) is 48.6 Å². The van der Waals surface area contributed by atoms with Gasteiger partial charge in [-0.1, -0.05) is 0 Å². The van der Waals surface area contributed by atoms with Crippen molar-refractivity contribution in [2.24, 2.45) is 4.99 Å². The number of fused-ring (bicyclic) bond motifs is 1. The van der Waals surface area contributed by atoms with Crippen LogP contribution in [0.4, 0.5) is 30.7 Å². The molecule has 2 aliphatic heterocycles. The number of piperidine rings is 1. The third-order valence-corrected chi connectivity index (χ3v) is 4.62. The molecule has 0 spiro atoms. The average Bonchev–Trinajstić information content (AvgIpc) is 2.66. The van der Waals surface area contributed by atoms with Gasteiger partial charge in [-0.25, -0.2) is 8.78 Å². The smallest absolute Gasteiger partial charge is 0.458 e. The summed E-state index contributed by atoms with van der Waals surface area (Å²) >= 11 is 0. The highest BCUT2D eigenvalue weighted by molar-refractivity contribution is 5.93. The van der Waals surface area contributed by atoms with Crippen molar-refractivity contribution in [2.45, 2.75) is 43.9 Å². The van der Waals surface area contributed by atoms with E-state index >= 15 is 0 Å². The van der Waals surface area contributed by atoms with E-state index in [4.69, 9.17) is 10.00 Å². The number of likely N-dealkylation sites (tertiary alicyclic amines) is 1. The molecule has 29 heavy (non-hydrogen) atoms. The lowest BCUT2D eigenvalue weighted by Gasteiger charge is -2.36. The molecule has 4 nitrogen and oxygen atoms in total. The lowest BCUT2D eigenvalue weighted by atomic mass is 9.97. The number of aliphatic imine (C=N–C) groups is 1. The van der Waals surface area contributed by atoms with Crippen LogP contribution < -0.4 is 4.74 Å². The van der Waals surface area contributed by atoms with Gasteiger partial charge in [0.15, 0.2) is 6.10 Å². The molecule has 0 saturated carbocycles. The Morgan fingerprint density at radius 2 is 1.90 bits per heavy atom. The van der Waals surface area contributed by atoms with Gasteiger partial charge in [-0.3, -0.25) is 0 Å². The first kappa shape index (κ1) is 21.0. The predicted octanol–water partition coefficient (Wildman–Crippen LogP) is 5.07. The summed E-state index contributed by atoms with van der Waals surface area (Å²) in [6, 6.07) is 1.89. The molecule has 1 aromatic carbocycles. The van der Waals surface area contributed by atoms with Crippen molar-refractivity contribution in [3.63, 3.8) is 0 Å². The van der Waals surface area contributed by atoms with Gasteiger partial charge in [-0.05, 0) is 37.1 Å². The highest BCUT2D eigenvalue weighted by Crippen LogP contribution is 2.46. The summed E-state index contributed by atoms with van der Waals surface area (Å²) in [7, 11) is 0. The molecule has 156 valence electrons. The van der Waals surface area contributed by atoms with Crippen LogP contribution in [0.5, 0.6) is 5.75 Å². The fourth-order valence-corrected chi connectivity index (χ4v) is 3.23. The maximum atomic E-state index is 13.8. The van der Waals surface area contributed by atoms with E-state index in [-0.39, 0.29) is 29.4 Å². The van der Waals surface area contributed by atoms with E-state index in [1.807, 2.05) is 0 Å². The Labute approximate surface area is 160 Å². The van der Waals surface area contributed by atoms with E-state index < -0.39 is 30.2 Å². The summed E-state index contributed by atoms with van der Waals surface area (Å²) in [5, 5.41) is 8.86. The molecule has 1 saturated heterocycles. The van der Waals surface area contributed by atoms with E-state index in [2.05, 4.69) is 4.99 Å². The van der Waals surface area contributed by atoms with Crippen LogP contribution >= 0.6 is 0 Å². The summed E-state index contributed by atoms with van der Waals surface area (Å²) in [5.41, 5.74) is -1.58. The number of hydrogen-bond acceptors (Lipinski definition) is 3. The van der Waals surface area contributed by atoms with Crippen molar-refractivity contribution < 1.29 is 35.5 Å². The highest BCUT2D eigenvalue weighted by Gasteiger charge is 2.59. The fraction of sp³-hybridized carbons (Fsp3) is 0.444. The molecule has 0 aromatic heterocycles. The fourth-order valence-electron chi connectivity index (χ4n) is 3.23. The zero-order valence-corrected chi connectivity index (χ0v) is 14.7. The van der Waals surface area contributed by atoms with Crippen LogP contribution in [-0.2, 0) is 5.92 Å². The van der Waals surface area contributed by atoms with Crippen LogP contribution in [0.15, 0.2) is 29.3 Å². The normalized spacial score (nSPS) is 21.5. The van der Waals surface area contributed by atoms with Crippen molar-refractivity contribution in [1.29, 1.82) is 5.26 Å². The molecule has 1 atom stereocenters. The second-order valence-corrected chi connectivity index (χ2v) is 6.49. The molecule has 11 heteroatoms. The molecule has 2 aliphatic rings. The molecule has 0 radical (unpaired) electrons. The van der Waals surface area contributed by atoms with Gasteiger partial charge in [-0.15, -0.1) is 0 Å². The Morgan fingerprint density at radius 1 is 1.17 bits per heavy atom. The van der Waals surface area contributed by atoms with E-state index in [1.54, 1.807) is 6.19 Å². The first-order chi connectivity index (χ1) is 13.6. The lowest BCUT2D eigenvalue weighted by Crippen LogP contribution is -2.38. The molecule has 3 rings (SSSR count). The minimum Gasteiger partial charge on any atom is -0.480 e. The highest BCUT2D eigenvalue weighted by atomic mass is 19.4. The standard InChI is InChI=1S/C18H14F7N3O/c19-16(20)14-8-12(28-6-2-1-3-15(28)27-9-26)11-7-10(4-5-13(11)29-14)17(21,22)18(23,24)25/h4-5,7-8,14,16H,1-3,6H2. The van der Waals surface area contributed by atoms with Crippen molar-refractivity contribution in [3.8, 4) is 11.9 Å². The molecule has 0 amide bonds. The Bertz CT molecular complexity index is 886. The number of nitriles is 1. The van der Waals surface area contributed by atoms with Crippen LogP contribution in [0, 0.1) is 11.5 Å². The van der Waals surface area contributed by atoms with E-state index in [0.717, 1.165) is 12.1 Å². The maximum absolute atomic E-state index is 13.8. The Hall–Kier alpha value is -2.77. The summed E-state index contributed by atoms with van der Waals surface area (Å²) in [5.74, 6) is -5.17. The summed E-state index contributed by atoms with van der Waals surface area (Å²) in [4.78, 5) is 5.03. The second kappa shape index (κ2) is 7.57. The minimum atomic E-state index is -5.83. The maximum Gasteiger partial charge on any atom is 0.458 e. The van der Waals surface area contributed by atoms with Gasteiger partial charge in [0.2, 0.25) is 6.19 Å². The van der Waals surface area contributed by atoms with E-state index in [1.165, 1.54) is 4.90 Å². The van der Waals surface area contributed by atoms with Gasteiger partial charge in [0.25, 0.3) is 6.43 Å². The summed E-state index contributed by atoms with van der Waals surface area (Å²) in [6.45, 7) is 0.238. The zero-order chi connectivity index (χ0) is 21.4. The van der Waals surface area contributed by atoms with Gasteiger partial charge < -0.3 is 9.64 Å². The zero-order valence-electron chi connectivity index (χ0n) is 14.7. The molecule has 1 fully saturated rings. The average molecular weight is 421 g/mol. The molecule has 0 bridgehead atoms. The second-order valence-electron chi connectivity index (χ2n) is 6.49. The molecule has 1 unspecified atom stereocenters. The van der Waals surface area contributed by atoms with Crippen LogP contribution in [0.2, 0.25) is 0 Å². The lowest BCUT2D eigenvalue weighted by molar-refractivity contribution is -0.289. The van der Waals surface area contributed by atoms with Gasteiger partial charge in [0.05, 0.1) is 5.70 Å². The SMILES string of the molecule is N#CN=C1CCCCN1C1=CC(C(F)F)Oc2ccc(C(F)(F)C(F)(F)F)cc21. The van der Waals surface area contributed by atoms with Crippen LogP contribution in [0.1, 0.15) is 30.4 Å². The third kappa shape index (κ3) is 3.88. The first-order valence-electron chi connectivity index (χ1n) is 8.55. The Balaban J connectivity index is 2.14. The number of nitrogens with zero attached hydrogens (tertiary/aromatic N) is 3. The molecular formula is C18H14F7N3O. The largest absolute Gasteiger partial charge is 0.480 e. The summed E-state index contributed by atoms with van der Waals surface area (Å²) in [6.07, 6.45) is -6.38. The Morgan fingerprint density at radius 3 is 2.52 bits per heavy atom. The third-order valence-electron chi connectivity index (χ3n) is 4.62. The van der Waals surface area contributed by atoms with E-state index in [0.29, 0.717) is 31.4 Å². The Kier molecular flexibility index (Phi) is 5.47. The number of rotatable bonds is 3. The van der Waals surface area contributed by atoms with Crippen molar-refractivity contribution >= 4 is 11.5 Å². The number of benzene rings is 1. The number of amidine groups is 1. The van der Waals surface area contributed by atoms with Crippen LogP contribution in [0.25, 0.3) is 5.70 Å². The first-order valence-corrected chi connectivity index (χ1v) is 8.55. The summed E-state index contributed by atoms with van der Waals surface area (Å²) < 4.78 is 97.6. The van der Waals surface area contributed by atoms with Crippen LogP contribution in [0.3, 0.4) is 0 Å². The number of alkyl halides is 7. The molecule has 1 aromatic rings. The van der Waals surface area contributed by atoms with Gasteiger partial charge in [-0.2, -0.15) is 32.2 Å². The van der Waals surface area contributed by atoms with Gasteiger partial charge >= 0.3 is 12.1 Å². The van der Waals surface area contributed by atoms with E-state index in [9.17, 15) is 30.7 Å². The quantitative estimate of drug-likeness (QED) is 0.506. The predicted molar refractivity (Wildman–Crippen MR) is 88.4 cm³/mol.